The monoisotopic (exact) mass is 285 g/mol. The SMILES string of the molecule is CCCCCCCCCCCCCCNC(C)(C)CO. The van der Waals surface area contributed by atoms with Crippen molar-refractivity contribution in [2.75, 3.05) is 13.2 Å². The normalized spacial score (nSPS) is 12.0. The van der Waals surface area contributed by atoms with Gasteiger partial charge >= 0.3 is 0 Å². The fourth-order valence-electron chi connectivity index (χ4n) is 2.45. The van der Waals surface area contributed by atoms with E-state index in [0.717, 1.165) is 6.54 Å². The van der Waals surface area contributed by atoms with Gasteiger partial charge in [0.25, 0.3) is 0 Å². The Balaban J connectivity index is 3.06. The van der Waals surface area contributed by atoms with Gasteiger partial charge in [-0.05, 0) is 26.8 Å². The second-order valence-electron chi connectivity index (χ2n) is 6.86. The quantitative estimate of drug-likeness (QED) is 0.413. The highest BCUT2D eigenvalue weighted by Gasteiger charge is 2.13. The van der Waals surface area contributed by atoms with E-state index >= 15 is 0 Å². The highest BCUT2D eigenvalue weighted by molar-refractivity contribution is 4.75. The molecule has 0 aliphatic heterocycles. The smallest absolute Gasteiger partial charge is 0.0607 e. The molecule has 0 aromatic carbocycles. The maximum absolute atomic E-state index is 9.12. The summed E-state index contributed by atoms with van der Waals surface area (Å²) in [6.07, 6.45) is 16.7. The average molecular weight is 286 g/mol. The molecule has 2 nitrogen and oxygen atoms in total. The van der Waals surface area contributed by atoms with Crippen molar-refractivity contribution < 1.29 is 5.11 Å². The lowest BCUT2D eigenvalue weighted by molar-refractivity contribution is 0.188. The van der Waals surface area contributed by atoms with E-state index in [4.69, 9.17) is 5.11 Å². The van der Waals surface area contributed by atoms with Crippen LogP contribution in [-0.4, -0.2) is 23.8 Å². The molecular formula is C18H39NO. The predicted molar refractivity (Wildman–Crippen MR) is 90.2 cm³/mol. The van der Waals surface area contributed by atoms with Crippen molar-refractivity contribution in [3.63, 3.8) is 0 Å². The number of aliphatic hydroxyl groups is 1. The molecule has 0 fully saturated rings. The van der Waals surface area contributed by atoms with E-state index in [1.807, 2.05) is 13.8 Å². The summed E-state index contributed by atoms with van der Waals surface area (Å²) >= 11 is 0. The molecule has 2 heteroatoms. The minimum absolute atomic E-state index is 0.113. The minimum Gasteiger partial charge on any atom is -0.394 e. The lowest BCUT2D eigenvalue weighted by Crippen LogP contribution is -2.43. The maximum atomic E-state index is 9.12. The fourth-order valence-corrected chi connectivity index (χ4v) is 2.45. The van der Waals surface area contributed by atoms with Gasteiger partial charge in [-0.3, -0.25) is 0 Å². The molecule has 0 heterocycles. The molecule has 0 spiro atoms. The van der Waals surface area contributed by atoms with Gasteiger partial charge in [0.2, 0.25) is 0 Å². The van der Waals surface area contributed by atoms with Crippen LogP contribution in [0.5, 0.6) is 0 Å². The van der Waals surface area contributed by atoms with Crippen LogP contribution >= 0.6 is 0 Å². The third-order valence-electron chi connectivity index (χ3n) is 4.03. The van der Waals surface area contributed by atoms with Gasteiger partial charge in [0.05, 0.1) is 6.61 Å². The van der Waals surface area contributed by atoms with Crippen molar-refractivity contribution in [3.05, 3.63) is 0 Å². The Bertz CT molecular complexity index is 192. The van der Waals surface area contributed by atoms with E-state index in [1.165, 1.54) is 77.0 Å². The Labute approximate surface area is 127 Å². The molecule has 0 aliphatic carbocycles. The van der Waals surface area contributed by atoms with Crippen LogP contribution in [0.4, 0.5) is 0 Å². The van der Waals surface area contributed by atoms with Gasteiger partial charge in [-0.25, -0.2) is 0 Å². The molecule has 0 saturated heterocycles. The van der Waals surface area contributed by atoms with Crippen molar-refractivity contribution in [2.45, 2.75) is 103 Å². The molecule has 122 valence electrons. The van der Waals surface area contributed by atoms with Crippen LogP contribution in [0, 0.1) is 0 Å². The highest BCUT2D eigenvalue weighted by Crippen LogP contribution is 2.11. The zero-order valence-electron chi connectivity index (χ0n) is 14.3. The van der Waals surface area contributed by atoms with Crippen molar-refractivity contribution in [1.29, 1.82) is 0 Å². The summed E-state index contributed by atoms with van der Waals surface area (Å²) in [4.78, 5) is 0. The Morgan fingerprint density at radius 1 is 0.700 bits per heavy atom. The summed E-state index contributed by atoms with van der Waals surface area (Å²) in [6, 6.07) is 0. The van der Waals surface area contributed by atoms with E-state index in [9.17, 15) is 0 Å². The van der Waals surface area contributed by atoms with E-state index in [-0.39, 0.29) is 12.1 Å². The lowest BCUT2D eigenvalue weighted by Gasteiger charge is -2.23. The maximum Gasteiger partial charge on any atom is 0.0607 e. The number of hydrogen-bond acceptors (Lipinski definition) is 2. The third kappa shape index (κ3) is 14.3. The molecule has 0 radical (unpaired) electrons. The molecule has 0 aliphatic rings. The molecule has 20 heavy (non-hydrogen) atoms. The molecule has 2 N–H and O–H groups in total. The van der Waals surface area contributed by atoms with Gasteiger partial charge in [-0.1, -0.05) is 77.6 Å². The highest BCUT2D eigenvalue weighted by atomic mass is 16.3. The Morgan fingerprint density at radius 2 is 1.10 bits per heavy atom. The first kappa shape index (κ1) is 19.9. The molecule has 0 atom stereocenters. The van der Waals surface area contributed by atoms with Crippen LogP contribution in [-0.2, 0) is 0 Å². The largest absolute Gasteiger partial charge is 0.394 e. The number of nitrogens with one attached hydrogen (secondary N) is 1. The van der Waals surface area contributed by atoms with Crippen LogP contribution in [0.15, 0.2) is 0 Å². The van der Waals surface area contributed by atoms with E-state index < -0.39 is 0 Å². The molecule has 0 aromatic heterocycles. The first-order valence-electron chi connectivity index (χ1n) is 8.98. The molecule has 0 bridgehead atoms. The summed E-state index contributed by atoms with van der Waals surface area (Å²) < 4.78 is 0. The van der Waals surface area contributed by atoms with Crippen LogP contribution < -0.4 is 5.32 Å². The third-order valence-corrected chi connectivity index (χ3v) is 4.03. The second-order valence-corrected chi connectivity index (χ2v) is 6.86. The predicted octanol–water partition coefficient (Wildman–Crippen LogP) is 5.05. The van der Waals surface area contributed by atoms with Gasteiger partial charge in [-0.15, -0.1) is 0 Å². The van der Waals surface area contributed by atoms with Crippen LogP contribution in [0.2, 0.25) is 0 Å². The molecule has 0 amide bonds. The Morgan fingerprint density at radius 3 is 1.50 bits per heavy atom. The molecular weight excluding hydrogens is 246 g/mol. The van der Waals surface area contributed by atoms with Crippen LogP contribution in [0.1, 0.15) is 97.8 Å². The first-order valence-corrected chi connectivity index (χ1v) is 8.98. The molecule has 0 unspecified atom stereocenters. The van der Waals surface area contributed by atoms with Crippen molar-refractivity contribution in [3.8, 4) is 0 Å². The number of aliphatic hydroxyl groups excluding tert-OH is 1. The average Bonchev–Trinajstić information content (AvgIpc) is 2.44. The van der Waals surface area contributed by atoms with Gasteiger partial charge in [0.15, 0.2) is 0 Å². The summed E-state index contributed by atoms with van der Waals surface area (Å²) in [5.74, 6) is 0. The van der Waals surface area contributed by atoms with E-state index in [2.05, 4.69) is 12.2 Å². The zero-order valence-corrected chi connectivity index (χ0v) is 14.3. The van der Waals surface area contributed by atoms with Gasteiger partial charge in [0, 0.05) is 5.54 Å². The van der Waals surface area contributed by atoms with Crippen molar-refractivity contribution in [2.24, 2.45) is 0 Å². The Kier molecular flexibility index (Phi) is 13.8. The Hall–Kier alpha value is -0.0800. The van der Waals surface area contributed by atoms with E-state index in [0.29, 0.717) is 0 Å². The van der Waals surface area contributed by atoms with Crippen molar-refractivity contribution in [1.82, 2.24) is 5.32 Å². The standard InChI is InChI=1S/C18H39NO/c1-4-5-6-7-8-9-10-11-12-13-14-15-16-19-18(2,3)17-20/h19-20H,4-17H2,1-3H3. The number of unbranched alkanes of at least 4 members (excludes halogenated alkanes) is 11. The second kappa shape index (κ2) is 13.9. The number of hydrogen-bond donors (Lipinski definition) is 2. The van der Waals surface area contributed by atoms with Crippen molar-refractivity contribution >= 4 is 0 Å². The van der Waals surface area contributed by atoms with Gasteiger partial charge < -0.3 is 10.4 Å². The van der Waals surface area contributed by atoms with Crippen LogP contribution in [0.3, 0.4) is 0 Å². The minimum atomic E-state index is -0.113. The summed E-state index contributed by atoms with van der Waals surface area (Å²) in [6.45, 7) is 7.62. The van der Waals surface area contributed by atoms with Gasteiger partial charge in [0.1, 0.15) is 0 Å². The number of rotatable bonds is 15. The van der Waals surface area contributed by atoms with Gasteiger partial charge in [-0.2, -0.15) is 0 Å². The zero-order chi connectivity index (χ0) is 15.1. The summed E-state index contributed by atoms with van der Waals surface area (Å²) in [5.41, 5.74) is -0.113. The lowest BCUT2D eigenvalue weighted by atomic mass is 10.0. The fraction of sp³-hybridized carbons (Fsp3) is 1.00. The molecule has 0 aromatic rings. The topological polar surface area (TPSA) is 32.3 Å². The van der Waals surface area contributed by atoms with E-state index in [1.54, 1.807) is 0 Å². The molecule has 0 saturated carbocycles. The summed E-state index contributed by atoms with van der Waals surface area (Å²) in [7, 11) is 0. The summed E-state index contributed by atoms with van der Waals surface area (Å²) in [5, 5.41) is 12.5. The first-order chi connectivity index (χ1) is 9.62. The van der Waals surface area contributed by atoms with Crippen LogP contribution in [0.25, 0.3) is 0 Å². The molecule has 0 rings (SSSR count).